The summed E-state index contributed by atoms with van der Waals surface area (Å²) in [5.41, 5.74) is 6.61. The smallest absolute Gasteiger partial charge is 0.334 e. The molecule has 0 aromatic heterocycles. The third kappa shape index (κ3) is 7.67. The number of hydrogen-bond donors (Lipinski definition) is 3. The first-order chi connectivity index (χ1) is 7.63. The van der Waals surface area contributed by atoms with Gasteiger partial charge < -0.3 is 15.6 Å². The highest BCUT2D eigenvalue weighted by Gasteiger charge is 2.22. The van der Waals surface area contributed by atoms with Gasteiger partial charge in [0, 0.05) is 0 Å². The van der Waals surface area contributed by atoms with E-state index in [1.54, 1.807) is 20.8 Å². The van der Waals surface area contributed by atoms with Crippen LogP contribution in [-0.2, 0) is 19.2 Å². The SMILES string of the molecule is CC(O)[C@H](NOCC(=O)OC(C)(C)C)C(N)=O. The van der Waals surface area contributed by atoms with Crippen molar-refractivity contribution in [3.8, 4) is 0 Å². The van der Waals surface area contributed by atoms with Crippen LogP contribution < -0.4 is 11.2 Å². The van der Waals surface area contributed by atoms with Crippen molar-refractivity contribution in [3.05, 3.63) is 0 Å². The molecule has 2 atom stereocenters. The van der Waals surface area contributed by atoms with Crippen LogP contribution in [0, 0.1) is 0 Å². The van der Waals surface area contributed by atoms with Gasteiger partial charge in [0.15, 0.2) is 6.61 Å². The molecule has 0 aliphatic rings. The van der Waals surface area contributed by atoms with Crippen LogP contribution in [0.5, 0.6) is 0 Å². The summed E-state index contributed by atoms with van der Waals surface area (Å²) in [4.78, 5) is 26.8. The van der Waals surface area contributed by atoms with Gasteiger partial charge >= 0.3 is 5.97 Å². The van der Waals surface area contributed by atoms with Gasteiger partial charge in [-0.05, 0) is 27.7 Å². The van der Waals surface area contributed by atoms with Crippen molar-refractivity contribution in [2.45, 2.75) is 45.4 Å². The molecular weight excluding hydrogens is 228 g/mol. The fraction of sp³-hybridized carbons (Fsp3) is 0.800. The van der Waals surface area contributed by atoms with Crippen molar-refractivity contribution in [1.82, 2.24) is 5.48 Å². The van der Waals surface area contributed by atoms with Crippen LogP contribution in [0.4, 0.5) is 0 Å². The molecule has 0 aliphatic carbocycles. The highest BCUT2D eigenvalue weighted by molar-refractivity contribution is 5.80. The van der Waals surface area contributed by atoms with E-state index in [9.17, 15) is 14.7 Å². The van der Waals surface area contributed by atoms with Gasteiger partial charge in [0.05, 0.1) is 6.10 Å². The number of nitrogens with two attached hydrogens (primary N) is 1. The molecule has 0 fully saturated rings. The molecule has 0 rings (SSSR count). The van der Waals surface area contributed by atoms with Crippen molar-refractivity contribution in [2.24, 2.45) is 5.73 Å². The molecule has 0 heterocycles. The maximum atomic E-state index is 11.2. The molecule has 0 aliphatic heterocycles. The van der Waals surface area contributed by atoms with Crippen molar-refractivity contribution in [1.29, 1.82) is 0 Å². The zero-order chi connectivity index (χ0) is 13.6. The van der Waals surface area contributed by atoms with Crippen LogP contribution in [-0.4, -0.2) is 41.3 Å². The van der Waals surface area contributed by atoms with Crippen LogP contribution in [0.3, 0.4) is 0 Å². The summed E-state index contributed by atoms with van der Waals surface area (Å²) in [6.45, 7) is 6.16. The Morgan fingerprint density at radius 3 is 2.29 bits per heavy atom. The lowest BCUT2D eigenvalue weighted by Crippen LogP contribution is -2.48. The number of carbonyl (C=O) groups excluding carboxylic acids is 2. The number of aliphatic hydroxyl groups is 1. The fourth-order valence-corrected chi connectivity index (χ4v) is 0.956. The number of ether oxygens (including phenoxy) is 1. The summed E-state index contributed by atoms with van der Waals surface area (Å²) in [7, 11) is 0. The molecule has 17 heavy (non-hydrogen) atoms. The summed E-state index contributed by atoms with van der Waals surface area (Å²) >= 11 is 0. The Kier molecular flexibility index (Phi) is 6.08. The molecule has 0 bridgehead atoms. The lowest BCUT2D eigenvalue weighted by atomic mass is 10.2. The molecule has 0 radical (unpaired) electrons. The molecule has 1 amide bonds. The number of rotatable bonds is 6. The molecule has 0 saturated carbocycles. The van der Waals surface area contributed by atoms with E-state index in [1.165, 1.54) is 6.92 Å². The molecule has 7 nitrogen and oxygen atoms in total. The predicted octanol–water partition coefficient (Wildman–Crippen LogP) is -0.916. The fourth-order valence-electron chi connectivity index (χ4n) is 0.956. The number of nitrogens with one attached hydrogen (secondary N) is 1. The first-order valence-corrected chi connectivity index (χ1v) is 5.20. The first kappa shape index (κ1) is 15.8. The Morgan fingerprint density at radius 2 is 1.94 bits per heavy atom. The molecule has 4 N–H and O–H groups in total. The summed E-state index contributed by atoms with van der Waals surface area (Å²) in [5.74, 6) is -1.36. The zero-order valence-corrected chi connectivity index (χ0v) is 10.5. The predicted molar refractivity (Wildman–Crippen MR) is 59.6 cm³/mol. The number of aliphatic hydroxyl groups excluding tert-OH is 1. The maximum absolute atomic E-state index is 11.2. The normalized spacial score (nSPS) is 15.1. The first-order valence-electron chi connectivity index (χ1n) is 5.20. The average Bonchev–Trinajstić information content (AvgIpc) is 2.07. The number of esters is 1. The quantitative estimate of drug-likeness (QED) is 0.414. The Balaban J connectivity index is 3.98. The van der Waals surface area contributed by atoms with Crippen LogP contribution in [0.25, 0.3) is 0 Å². The minimum Gasteiger partial charge on any atom is -0.458 e. The second-order valence-electron chi connectivity index (χ2n) is 4.61. The summed E-state index contributed by atoms with van der Waals surface area (Å²) < 4.78 is 4.96. The molecule has 100 valence electrons. The van der Waals surface area contributed by atoms with E-state index in [1.807, 2.05) is 0 Å². The number of hydrogen-bond acceptors (Lipinski definition) is 6. The molecule has 0 saturated heterocycles. The van der Waals surface area contributed by atoms with E-state index >= 15 is 0 Å². The number of primary amides is 1. The van der Waals surface area contributed by atoms with Crippen LogP contribution in [0.2, 0.25) is 0 Å². The van der Waals surface area contributed by atoms with E-state index in [0.29, 0.717) is 0 Å². The van der Waals surface area contributed by atoms with E-state index in [4.69, 9.17) is 15.3 Å². The van der Waals surface area contributed by atoms with Crippen LogP contribution in [0.1, 0.15) is 27.7 Å². The molecule has 0 aromatic carbocycles. The Morgan fingerprint density at radius 1 is 1.41 bits per heavy atom. The highest BCUT2D eigenvalue weighted by Crippen LogP contribution is 2.06. The monoisotopic (exact) mass is 248 g/mol. The summed E-state index contributed by atoms with van der Waals surface area (Å²) in [6.07, 6.45) is -1.02. The third-order valence-corrected chi connectivity index (χ3v) is 1.61. The maximum Gasteiger partial charge on any atom is 0.334 e. The zero-order valence-electron chi connectivity index (χ0n) is 10.5. The Labute approximate surface area is 100 Å². The second-order valence-corrected chi connectivity index (χ2v) is 4.61. The second kappa shape index (κ2) is 6.53. The van der Waals surface area contributed by atoms with Gasteiger partial charge in [-0.2, -0.15) is 5.48 Å². The van der Waals surface area contributed by atoms with Gasteiger partial charge in [-0.1, -0.05) is 0 Å². The lowest BCUT2D eigenvalue weighted by Gasteiger charge is -2.20. The lowest BCUT2D eigenvalue weighted by molar-refractivity contribution is -0.165. The number of amides is 1. The minimum absolute atomic E-state index is 0.381. The van der Waals surface area contributed by atoms with Crippen molar-refractivity contribution in [3.63, 3.8) is 0 Å². The molecule has 0 spiro atoms. The van der Waals surface area contributed by atoms with Gasteiger partial charge in [0.25, 0.3) is 0 Å². The van der Waals surface area contributed by atoms with E-state index in [2.05, 4.69) is 5.48 Å². The summed E-state index contributed by atoms with van der Waals surface area (Å²) in [5, 5.41) is 9.17. The van der Waals surface area contributed by atoms with Gasteiger partial charge in [-0.15, -0.1) is 0 Å². The van der Waals surface area contributed by atoms with E-state index in [-0.39, 0.29) is 6.61 Å². The van der Waals surface area contributed by atoms with Gasteiger partial charge in [-0.3, -0.25) is 9.63 Å². The van der Waals surface area contributed by atoms with E-state index in [0.717, 1.165) is 0 Å². The largest absolute Gasteiger partial charge is 0.458 e. The van der Waals surface area contributed by atoms with Gasteiger partial charge in [0.1, 0.15) is 11.6 Å². The minimum atomic E-state index is -1.07. The number of carbonyl (C=O) groups is 2. The Hall–Kier alpha value is -1.18. The van der Waals surface area contributed by atoms with Gasteiger partial charge in [0.2, 0.25) is 5.91 Å². The third-order valence-electron chi connectivity index (χ3n) is 1.61. The summed E-state index contributed by atoms with van der Waals surface area (Å²) in [6, 6.07) is -1.07. The Bertz CT molecular complexity index is 272. The highest BCUT2D eigenvalue weighted by atomic mass is 16.7. The van der Waals surface area contributed by atoms with E-state index < -0.39 is 29.6 Å². The van der Waals surface area contributed by atoms with Crippen molar-refractivity contribution in [2.75, 3.05) is 6.61 Å². The molecule has 1 unspecified atom stereocenters. The standard InChI is InChI=1S/C10H20N2O5/c1-6(13)8(9(11)15)12-16-5-7(14)17-10(2,3)4/h6,8,12-13H,5H2,1-4H3,(H2,11,15)/t6?,8-/m0/s1. The van der Waals surface area contributed by atoms with Crippen molar-refractivity contribution < 1.29 is 24.3 Å². The topological polar surface area (TPSA) is 111 Å². The average molecular weight is 248 g/mol. The molecule has 0 aromatic rings. The van der Waals surface area contributed by atoms with Crippen molar-refractivity contribution >= 4 is 11.9 Å². The van der Waals surface area contributed by atoms with Crippen LogP contribution >= 0.6 is 0 Å². The number of hydroxylamine groups is 1. The van der Waals surface area contributed by atoms with Crippen LogP contribution in [0.15, 0.2) is 0 Å². The molecule has 7 heteroatoms. The van der Waals surface area contributed by atoms with Gasteiger partial charge in [-0.25, -0.2) is 4.79 Å². The molecular formula is C10H20N2O5.